The van der Waals surface area contributed by atoms with Gasteiger partial charge in [-0.25, -0.2) is 0 Å². The molecule has 0 saturated carbocycles. The quantitative estimate of drug-likeness (QED) is 0.734. The maximum absolute atomic E-state index is 5.84. The molecule has 0 amide bonds. The Bertz CT molecular complexity index is 341. The molecule has 90 valence electrons. The van der Waals surface area contributed by atoms with Crippen LogP contribution in [0.4, 0.5) is 5.69 Å². The third-order valence-corrected chi connectivity index (χ3v) is 3.23. The Kier molecular flexibility index (Phi) is 5.10. The lowest BCUT2D eigenvalue weighted by Crippen LogP contribution is -2.32. The highest BCUT2D eigenvalue weighted by atomic mass is 35.5. The fourth-order valence-electron chi connectivity index (χ4n) is 1.66. The lowest BCUT2D eigenvalue weighted by molar-refractivity contribution is 0.183. The highest BCUT2D eigenvalue weighted by Gasteiger charge is 2.10. The number of alkyl halides is 1. The van der Waals surface area contributed by atoms with Crippen molar-refractivity contribution in [2.24, 2.45) is 0 Å². The van der Waals surface area contributed by atoms with E-state index in [-0.39, 0.29) is 0 Å². The van der Waals surface area contributed by atoms with Gasteiger partial charge in [0.2, 0.25) is 0 Å². The molecule has 0 aliphatic heterocycles. The fraction of sp³-hybridized carbons (Fsp3) is 0.538. The number of likely N-dealkylation sites (N-methyl/N-ethyl adjacent to an activating group) is 1. The van der Waals surface area contributed by atoms with Crippen molar-refractivity contribution in [3.05, 3.63) is 29.3 Å². The van der Waals surface area contributed by atoms with E-state index in [0.717, 1.165) is 6.61 Å². The first-order valence-corrected chi connectivity index (χ1v) is 6.00. The number of methoxy groups -OCH3 is 1. The first kappa shape index (κ1) is 13.3. The summed E-state index contributed by atoms with van der Waals surface area (Å²) in [4.78, 5) is 2.22. The zero-order chi connectivity index (χ0) is 12.1. The molecule has 3 heteroatoms. The fourth-order valence-corrected chi connectivity index (χ4v) is 1.96. The number of rotatable bonds is 5. The smallest absolute Gasteiger partial charge is 0.0663 e. The molecule has 0 fully saturated rings. The van der Waals surface area contributed by atoms with Crippen LogP contribution in [0.5, 0.6) is 0 Å². The molecule has 2 nitrogen and oxygen atoms in total. The van der Waals surface area contributed by atoms with Gasteiger partial charge < -0.3 is 9.64 Å². The minimum Gasteiger partial charge on any atom is -0.383 e. The van der Waals surface area contributed by atoms with Crippen LogP contribution >= 0.6 is 11.6 Å². The van der Waals surface area contributed by atoms with Gasteiger partial charge in [-0.3, -0.25) is 0 Å². The van der Waals surface area contributed by atoms with Crippen molar-refractivity contribution in [2.45, 2.75) is 25.8 Å². The van der Waals surface area contributed by atoms with Crippen LogP contribution in [-0.4, -0.2) is 26.8 Å². The van der Waals surface area contributed by atoms with Crippen LogP contribution in [0.2, 0.25) is 0 Å². The second-order valence-electron chi connectivity index (χ2n) is 4.16. The molecule has 1 atom stereocenters. The van der Waals surface area contributed by atoms with E-state index >= 15 is 0 Å². The molecule has 16 heavy (non-hydrogen) atoms. The monoisotopic (exact) mass is 241 g/mol. The van der Waals surface area contributed by atoms with Crippen molar-refractivity contribution in [3.63, 3.8) is 0 Å². The molecule has 0 radical (unpaired) electrons. The van der Waals surface area contributed by atoms with Crippen LogP contribution in [0.15, 0.2) is 18.2 Å². The molecule has 0 aliphatic rings. The summed E-state index contributed by atoms with van der Waals surface area (Å²) in [6.07, 6.45) is 0. The van der Waals surface area contributed by atoms with E-state index in [4.69, 9.17) is 16.3 Å². The third-order valence-electron chi connectivity index (χ3n) is 2.95. The molecule has 0 aliphatic carbocycles. The first-order chi connectivity index (χ1) is 7.60. The third kappa shape index (κ3) is 3.13. The summed E-state index contributed by atoms with van der Waals surface area (Å²) >= 11 is 5.84. The number of anilines is 1. The predicted molar refractivity (Wildman–Crippen MR) is 70.5 cm³/mol. The van der Waals surface area contributed by atoms with Crippen molar-refractivity contribution in [2.75, 3.05) is 25.7 Å². The SMILES string of the molecule is COCC(C)N(C)c1ccc(CCl)c(C)c1. The van der Waals surface area contributed by atoms with E-state index in [1.807, 2.05) is 0 Å². The average Bonchev–Trinajstić information content (AvgIpc) is 2.28. The average molecular weight is 242 g/mol. The van der Waals surface area contributed by atoms with Gasteiger partial charge >= 0.3 is 0 Å². The predicted octanol–water partition coefficient (Wildman–Crippen LogP) is 3.20. The van der Waals surface area contributed by atoms with Crippen LogP contribution in [0.1, 0.15) is 18.1 Å². The zero-order valence-electron chi connectivity index (χ0n) is 10.5. The Morgan fingerprint density at radius 1 is 1.44 bits per heavy atom. The molecule has 0 aromatic heterocycles. The van der Waals surface area contributed by atoms with Crippen molar-refractivity contribution in [3.8, 4) is 0 Å². The number of halogens is 1. The van der Waals surface area contributed by atoms with Crippen LogP contribution in [0.3, 0.4) is 0 Å². The van der Waals surface area contributed by atoms with Crippen molar-refractivity contribution in [1.82, 2.24) is 0 Å². The number of ether oxygens (including phenoxy) is 1. The molecule has 1 aromatic carbocycles. The minimum atomic E-state index is 0.367. The molecule has 0 spiro atoms. The largest absolute Gasteiger partial charge is 0.383 e. The van der Waals surface area contributed by atoms with E-state index in [1.54, 1.807) is 7.11 Å². The molecule has 1 unspecified atom stereocenters. The zero-order valence-corrected chi connectivity index (χ0v) is 11.2. The molecule has 1 aromatic rings. The first-order valence-electron chi connectivity index (χ1n) is 5.47. The van der Waals surface area contributed by atoms with Gasteiger partial charge in [-0.15, -0.1) is 11.6 Å². The van der Waals surface area contributed by atoms with Crippen molar-refractivity contribution >= 4 is 17.3 Å². The second-order valence-corrected chi connectivity index (χ2v) is 4.43. The molecule has 0 bridgehead atoms. The van der Waals surface area contributed by atoms with Gasteiger partial charge in [-0.2, -0.15) is 0 Å². The molecule has 1 rings (SSSR count). The molecule has 0 saturated heterocycles. The summed E-state index contributed by atoms with van der Waals surface area (Å²) in [5.41, 5.74) is 3.64. The van der Waals surface area contributed by atoms with Crippen LogP contribution in [0, 0.1) is 6.92 Å². The van der Waals surface area contributed by atoms with Crippen LogP contribution in [-0.2, 0) is 10.6 Å². The summed E-state index contributed by atoms with van der Waals surface area (Å²) < 4.78 is 5.16. The topological polar surface area (TPSA) is 12.5 Å². The summed E-state index contributed by atoms with van der Waals surface area (Å²) in [6.45, 7) is 4.97. The Morgan fingerprint density at radius 3 is 2.62 bits per heavy atom. The minimum absolute atomic E-state index is 0.367. The second kappa shape index (κ2) is 6.12. The van der Waals surface area contributed by atoms with Gasteiger partial charge in [-0.1, -0.05) is 6.07 Å². The van der Waals surface area contributed by atoms with E-state index < -0.39 is 0 Å². The number of aryl methyl sites for hydroxylation is 1. The van der Waals surface area contributed by atoms with E-state index in [2.05, 4.69) is 44.0 Å². The number of benzene rings is 1. The van der Waals surface area contributed by atoms with E-state index in [9.17, 15) is 0 Å². The molecule has 0 N–H and O–H groups in total. The van der Waals surface area contributed by atoms with Gasteiger partial charge in [0, 0.05) is 31.8 Å². The van der Waals surface area contributed by atoms with Gasteiger partial charge in [-0.05, 0) is 37.1 Å². The summed E-state index contributed by atoms with van der Waals surface area (Å²) in [5, 5.41) is 0. The van der Waals surface area contributed by atoms with Crippen LogP contribution in [0.25, 0.3) is 0 Å². The highest BCUT2D eigenvalue weighted by molar-refractivity contribution is 6.17. The number of hydrogen-bond donors (Lipinski definition) is 0. The normalized spacial score (nSPS) is 12.6. The Labute approximate surface area is 103 Å². The van der Waals surface area contributed by atoms with E-state index in [0.29, 0.717) is 11.9 Å². The summed E-state index contributed by atoms with van der Waals surface area (Å²) in [6, 6.07) is 6.74. The maximum atomic E-state index is 5.84. The Morgan fingerprint density at radius 2 is 2.12 bits per heavy atom. The Balaban J connectivity index is 2.84. The highest BCUT2D eigenvalue weighted by Crippen LogP contribution is 2.21. The number of nitrogens with zero attached hydrogens (tertiary/aromatic N) is 1. The Hall–Kier alpha value is -0.730. The number of hydrogen-bond acceptors (Lipinski definition) is 2. The summed E-state index contributed by atoms with van der Waals surface area (Å²) in [7, 11) is 3.81. The van der Waals surface area contributed by atoms with Gasteiger partial charge in [0.15, 0.2) is 0 Å². The van der Waals surface area contributed by atoms with E-state index in [1.165, 1.54) is 16.8 Å². The maximum Gasteiger partial charge on any atom is 0.0663 e. The lowest BCUT2D eigenvalue weighted by atomic mass is 10.1. The lowest BCUT2D eigenvalue weighted by Gasteiger charge is -2.27. The molecular formula is C13H20ClNO. The van der Waals surface area contributed by atoms with Gasteiger partial charge in [0.1, 0.15) is 0 Å². The van der Waals surface area contributed by atoms with Crippen molar-refractivity contribution < 1.29 is 4.74 Å². The molecule has 0 heterocycles. The van der Waals surface area contributed by atoms with Gasteiger partial charge in [0.05, 0.1) is 6.61 Å². The summed E-state index contributed by atoms with van der Waals surface area (Å²) in [5.74, 6) is 0.573. The van der Waals surface area contributed by atoms with Crippen LogP contribution < -0.4 is 4.90 Å². The van der Waals surface area contributed by atoms with Gasteiger partial charge in [0.25, 0.3) is 0 Å². The standard InChI is InChI=1S/C13H20ClNO/c1-10-7-13(6-5-12(10)8-14)15(3)11(2)9-16-4/h5-7,11H,8-9H2,1-4H3. The van der Waals surface area contributed by atoms with Crippen molar-refractivity contribution in [1.29, 1.82) is 0 Å². The molecular weight excluding hydrogens is 222 g/mol.